The Morgan fingerprint density at radius 1 is 1.59 bits per heavy atom. The number of hydrogen-bond donors (Lipinski definition) is 2. The molecule has 1 rings (SSSR count). The highest BCUT2D eigenvalue weighted by Gasteiger charge is 2.13. The Morgan fingerprint density at radius 2 is 2.29 bits per heavy atom. The summed E-state index contributed by atoms with van der Waals surface area (Å²) in [6, 6.07) is 0.0191. The second-order valence-electron chi connectivity index (χ2n) is 4.02. The molecule has 17 heavy (non-hydrogen) atoms. The molecular formula is C11H20ClN3O2. The summed E-state index contributed by atoms with van der Waals surface area (Å²) < 4.78 is 6.63. The van der Waals surface area contributed by atoms with E-state index >= 15 is 0 Å². The van der Waals surface area contributed by atoms with Crippen LogP contribution in [0.15, 0.2) is 0 Å². The van der Waals surface area contributed by atoms with Crippen LogP contribution in [0.25, 0.3) is 0 Å². The molecule has 1 unspecified atom stereocenters. The van der Waals surface area contributed by atoms with Crippen LogP contribution in [0, 0.1) is 6.92 Å². The Labute approximate surface area is 107 Å². The van der Waals surface area contributed by atoms with E-state index in [-0.39, 0.29) is 12.6 Å². The molecule has 0 aliphatic heterocycles. The van der Waals surface area contributed by atoms with Crippen molar-refractivity contribution in [2.24, 2.45) is 7.05 Å². The molecule has 0 spiro atoms. The van der Waals surface area contributed by atoms with Gasteiger partial charge in [-0.25, -0.2) is 0 Å². The van der Waals surface area contributed by atoms with Gasteiger partial charge in [0.25, 0.3) is 0 Å². The van der Waals surface area contributed by atoms with E-state index in [2.05, 4.69) is 10.4 Å². The van der Waals surface area contributed by atoms with Gasteiger partial charge in [0.2, 0.25) is 0 Å². The SMILES string of the molecule is COCCC(CO)NCc1c(C)nn(C)c1Cl. The highest BCUT2D eigenvalue weighted by molar-refractivity contribution is 6.30. The molecule has 0 aliphatic rings. The van der Waals surface area contributed by atoms with Crippen LogP contribution in [0.3, 0.4) is 0 Å². The fourth-order valence-electron chi connectivity index (χ4n) is 1.64. The molecule has 0 aromatic carbocycles. The standard InChI is InChI=1S/C11H20ClN3O2/c1-8-10(11(12)15(2)14-8)6-13-9(7-16)4-5-17-3/h9,13,16H,4-7H2,1-3H3. The average Bonchev–Trinajstić information content (AvgIpc) is 2.55. The second-order valence-corrected chi connectivity index (χ2v) is 4.38. The van der Waals surface area contributed by atoms with Crippen molar-refractivity contribution in [1.29, 1.82) is 0 Å². The van der Waals surface area contributed by atoms with Crippen LogP contribution in [0.2, 0.25) is 5.15 Å². The molecule has 0 aliphatic carbocycles. The van der Waals surface area contributed by atoms with Gasteiger partial charge < -0.3 is 15.2 Å². The Hall–Kier alpha value is -0.620. The van der Waals surface area contributed by atoms with Gasteiger partial charge in [-0.05, 0) is 13.3 Å². The van der Waals surface area contributed by atoms with Crippen molar-refractivity contribution in [3.05, 3.63) is 16.4 Å². The molecule has 1 aromatic heterocycles. The number of aromatic nitrogens is 2. The lowest BCUT2D eigenvalue weighted by Gasteiger charge is -2.15. The Bertz CT molecular complexity index is 355. The third-order valence-corrected chi connectivity index (χ3v) is 3.20. The lowest BCUT2D eigenvalue weighted by atomic mass is 10.2. The van der Waals surface area contributed by atoms with Crippen molar-refractivity contribution < 1.29 is 9.84 Å². The minimum Gasteiger partial charge on any atom is -0.395 e. The smallest absolute Gasteiger partial charge is 0.131 e. The Morgan fingerprint density at radius 3 is 2.76 bits per heavy atom. The molecule has 5 nitrogen and oxygen atoms in total. The Balaban J connectivity index is 2.53. The first-order chi connectivity index (χ1) is 8.10. The quantitative estimate of drug-likeness (QED) is 0.765. The van der Waals surface area contributed by atoms with Gasteiger partial charge in [-0.2, -0.15) is 5.10 Å². The number of aliphatic hydroxyl groups is 1. The first-order valence-electron chi connectivity index (χ1n) is 5.61. The number of aliphatic hydroxyl groups excluding tert-OH is 1. The zero-order valence-electron chi connectivity index (χ0n) is 10.5. The van der Waals surface area contributed by atoms with Gasteiger partial charge in [0.1, 0.15) is 5.15 Å². The maximum absolute atomic E-state index is 9.20. The maximum atomic E-state index is 9.20. The van der Waals surface area contributed by atoms with Gasteiger partial charge in [-0.15, -0.1) is 0 Å². The van der Waals surface area contributed by atoms with E-state index < -0.39 is 0 Å². The predicted octanol–water partition coefficient (Wildman–Crippen LogP) is 0.869. The van der Waals surface area contributed by atoms with Crippen LogP contribution in [-0.4, -0.2) is 41.3 Å². The highest BCUT2D eigenvalue weighted by Crippen LogP contribution is 2.18. The van der Waals surface area contributed by atoms with Crippen LogP contribution in [0.1, 0.15) is 17.7 Å². The lowest BCUT2D eigenvalue weighted by Crippen LogP contribution is -2.33. The first-order valence-corrected chi connectivity index (χ1v) is 5.99. The largest absolute Gasteiger partial charge is 0.395 e. The number of methoxy groups -OCH3 is 1. The summed E-state index contributed by atoms with van der Waals surface area (Å²) in [5, 5.41) is 17.3. The van der Waals surface area contributed by atoms with E-state index in [1.807, 2.05) is 14.0 Å². The average molecular weight is 262 g/mol. The predicted molar refractivity (Wildman–Crippen MR) is 67.2 cm³/mol. The molecule has 1 aromatic rings. The van der Waals surface area contributed by atoms with Gasteiger partial charge in [0, 0.05) is 38.9 Å². The van der Waals surface area contributed by atoms with Crippen molar-refractivity contribution in [3.63, 3.8) is 0 Å². The molecule has 0 amide bonds. The van der Waals surface area contributed by atoms with Gasteiger partial charge in [0.05, 0.1) is 12.3 Å². The van der Waals surface area contributed by atoms with Gasteiger partial charge in [-0.3, -0.25) is 4.68 Å². The summed E-state index contributed by atoms with van der Waals surface area (Å²) in [4.78, 5) is 0. The molecule has 0 fully saturated rings. The molecule has 1 heterocycles. The number of rotatable bonds is 7. The minimum atomic E-state index is 0.0191. The summed E-state index contributed by atoms with van der Waals surface area (Å²) in [7, 11) is 3.46. The second kappa shape index (κ2) is 6.96. The maximum Gasteiger partial charge on any atom is 0.131 e. The van der Waals surface area contributed by atoms with Crippen LogP contribution < -0.4 is 5.32 Å². The van der Waals surface area contributed by atoms with E-state index in [0.29, 0.717) is 18.3 Å². The molecule has 0 radical (unpaired) electrons. The highest BCUT2D eigenvalue weighted by atomic mass is 35.5. The number of hydrogen-bond acceptors (Lipinski definition) is 4. The van der Waals surface area contributed by atoms with Crippen LogP contribution in [0.5, 0.6) is 0 Å². The molecular weight excluding hydrogens is 242 g/mol. The fourth-order valence-corrected chi connectivity index (χ4v) is 1.88. The number of ether oxygens (including phenoxy) is 1. The van der Waals surface area contributed by atoms with Crippen molar-refractivity contribution in [2.75, 3.05) is 20.3 Å². The summed E-state index contributed by atoms with van der Waals surface area (Å²) in [5.74, 6) is 0. The third-order valence-electron chi connectivity index (χ3n) is 2.73. The first kappa shape index (κ1) is 14.4. The van der Waals surface area contributed by atoms with E-state index in [0.717, 1.165) is 17.7 Å². The molecule has 0 saturated heterocycles. The molecule has 6 heteroatoms. The minimum absolute atomic E-state index is 0.0191. The normalized spacial score (nSPS) is 13.0. The molecule has 1 atom stereocenters. The van der Waals surface area contributed by atoms with Gasteiger partial charge in [-0.1, -0.05) is 11.6 Å². The lowest BCUT2D eigenvalue weighted by molar-refractivity contribution is 0.159. The van der Waals surface area contributed by atoms with Gasteiger partial charge in [0.15, 0.2) is 0 Å². The molecule has 0 saturated carbocycles. The summed E-state index contributed by atoms with van der Waals surface area (Å²) in [6.07, 6.45) is 0.768. The van der Waals surface area contributed by atoms with Crippen molar-refractivity contribution in [2.45, 2.75) is 25.9 Å². The number of nitrogens with one attached hydrogen (secondary N) is 1. The topological polar surface area (TPSA) is 59.3 Å². The van der Waals surface area contributed by atoms with Crippen LogP contribution in [-0.2, 0) is 18.3 Å². The van der Waals surface area contributed by atoms with Gasteiger partial charge >= 0.3 is 0 Å². The Kier molecular flexibility index (Phi) is 5.91. The van der Waals surface area contributed by atoms with E-state index in [4.69, 9.17) is 16.3 Å². The third kappa shape index (κ3) is 3.96. The van der Waals surface area contributed by atoms with E-state index in [1.165, 1.54) is 0 Å². The zero-order valence-corrected chi connectivity index (χ0v) is 11.3. The monoisotopic (exact) mass is 261 g/mol. The van der Waals surface area contributed by atoms with E-state index in [1.54, 1.807) is 11.8 Å². The zero-order chi connectivity index (χ0) is 12.8. The van der Waals surface area contributed by atoms with Crippen molar-refractivity contribution >= 4 is 11.6 Å². The van der Waals surface area contributed by atoms with Crippen LogP contribution >= 0.6 is 11.6 Å². The van der Waals surface area contributed by atoms with Crippen LogP contribution in [0.4, 0.5) is 0 Å². The van der Waals surface area contributed by atoms with Crippen molar-refractivity contribution in [1.82, 2.24) is 15.1 Å². The van der Waals surface area contributed by atoms with Crippen molar-refractivity contribution in [3.8, 4) is 0 Å². The molecule has 0 bridgehead atoms. The summed E-state index contributed by atoms with van der Waals surface area (Å²) >= 11 is 6.12. The number of nitrogens with zero attached hydrogens (tertiary/aromatic N) is 2. The molecule has 98 valence electrons. The summed E-state index contributed by atoms with van der Waals surface area (Å²) in [5.41, 5.74) is 1.89. The number of halogens is 1. The van der Waals surface area contributed by atoms with E-state index in [9.17, 15) is 5.11 Å². The fraction of sp³-hybridized carbons (Fsp3) is 0.727. The number of aryl methyl sites for hydroxylation is 2. The molecule has 2 N–H and O–H groups in total. The summed E-state index contributed by atoms with van der Waals surface area (Å²) in [6.45, 7) is 3.23.